The summed E-state index contributed by atoms with van der Waals surface area (Å²) in [6.45, 7) is 6.24. The van der Waals surface area contributed by atoms with E-state index in [-0.39, 0.29) is 12.0 Å². The summed E-state index contributed by atoms with van der Waals surface area (Å²) in [7, 11) is 1.51. The largest absolute Gasteiger partial charge is 0.573 e. The van der Waals surface area contributed by atoms with Crippen LogP contribution in [0.5, 0.6) is 11.5 Å². The number of rotatable bonds is 7. The van der Waals surface area contributed by atoms with Crippen LogP contribution in [0.15, 0.2) is 91.0 Å². The first kappa shape index (κ1) is 30.2. The van der Waals surface area contributed by atoms with E-state index in [0.717, 1.165) is 16.0 Å². The van der Waals surface area contributed by atoms with Gasteiger partial charge in [0, 0.05) is 5.69 Å². The van der Waals surface area contributed by atoms with Crippen LogP contribution in [0.25, 0.3) is 22.3 Å². The number of ether oxygens (including phenoxy) is 2. The standard InChI is InChI=1S/C33H30F3NO5/c1-32(2,3)24-12-8-21(9-13-24)20-37(30(38)31(39)40)25-7-5-6-23(18-25)28-17-16-27(42-33(34,35)36)19-29(28)22-10-14-26(41-4)15-11-22/h5-19H,20H2,1-4H3,(H,39,40). The van der Waals surface area contributed by atoms with Gasteiger partial charge in [0.05, 0.1) is 13.7 Å². The van der Waals surface area contributed by atoms with Gasteiger partial charge in [-0.2, -0.15) is 0 Å². The van der Waals surface area contributed by atoms with E-state index in [0.29, 0.717) is 33.7 Å². The molecule has 0 atom stereocenters. The molecule has 218 valence electrons. The van der Waals surface area contributed by atoms with E-state index >= 15 is 0 Å². The molecule has 0 aliphatic heterocycles. The minimum Gasteiger partial charge on any atom is -0.497 e. The summed E-state index contributed by atoms with van der Waals surface area (Å²) in [6, 6.07) is 25.0. The summed E-state index contributed by atoms with van der Waals surface area (Å²) in [4.78, 5) is 25.8. The Balaban J connectivity index is 1.78. The van der Waals surface area contributed by atoms with E-state index in [1.165, 1.54) is 25.3 Å². The zero-order chi connectivity index (χ0) is 30.7. The summed E-state index contributed by atoms with van der Waals surface area (Å²) < 4.78 is 48.4. The van der Waals surface area contributed by atoms with E-state index in [1.54, 1.807) is 48.5 Å². The van der Waals surface area contributed by atoms with Crippen molar-refractivity contribution in [1.82, 2.24) is 0 Å². The summed E-state index contributed by atoms with van der Waals surface area (Å²) >= 11 is 0. The van der Waals surface area contributed by atoms with Crippen LogP contribution in [-0.4, -0.2) is 30.5 Å². The van der Waals surface area contributed by atoms with Crippen LogP contribution < -0.4 is 14.4 Å². The lowest BCUT2D eigenvalue weighted by atomic mass is 9.87. The van der Waals surface area contributed by atoms with Crippen LogP contribution in [0.2, 0.25) is 0 Å². The fourth-order valence-corrected chi connectivity index (χ4v) is 4.51. The van der Waals surface area contributed by atoms with Gasteiger partial charge < -0.3 is 14.6 Å². The maximum Gasteiger partial charge on any atom is 0.573 e. The molecule has 0 aliphatic rings. The Bertz CT molecular complexity index is 1570. The molecule has 0 saturated carbocycles. The number of hydrogen-bond donors (Lipinski definition) is 1. The number of anilines is 1. The summed E-state index contributed by atoms with van der Waals surface area (Å²) in [6.07, 6.45) is -4.87. The molecule has 4 aromatic carbocycles. The molecule has 0 aliphatic carbocycles. The average Bonchev–Trinajstić information content (AvgIpc) is 2.94. The number of carbonyl (C=O) groups excluding carboxylic acids is 1. The number of alkyl halides is 3. The lowest BCUT2D eigenvalue weighted by molar-refractivity contribution is -0.274. The van der Waals surface area contributed by atoms with Gasteiger partial charge in [-0.1, -0.05) is 75.4 Å². The van der Waals surface area contributed by atoms with Crippen molar-refractivity contribution in [2.75, 3.05) is 12.0 Å². The first-order valence-corrected chi connectivity index (χ1v) is 13.0. The van der Waals surface area contributed by atoms with Crippen molar-refractivity contribution in [3.8, 4) is 33.8 Å². The predicted molar refractivity (Wildman–Crippen MR) is 155 cm³/mol. The molecule has 0 radical (unpaired) electrons. The number of aliphatic carboxylic acids is 1. The number of methoxy groups -OCH3 is 1. The van der Waals surface area contributed by atoms with E-state index in [4.69, 9.17) is 4.74 Å². The Morgan fingerprint density at radius 1 is 0.786 bits per heavy atom. The number of benzene rings is 4. The Morgan fingerprint density at radius 2 is 1.43 bits per heavy atom. The third kappa shape index (κ3) is 7.28. The van der Waals surface area contributed by atoms with Crippen molar-refractivity contribution >= 4 is 17.6 Å². The molecule has 9 heteroatoms. The highest BCUT2D eigenvalue weighted by Crippen LogP contribution is 2.38. The van der Waals surface area contributed by atoms with Gasteiger partial charge in [-0.3, -0.25) is 9.69 Å². The second-order valence-electron chi connectivity index (χ2n) is 10.7. The van der Waals surface area contributed by atoms with Crippen molar-refractivity contribution in [3.05, 3.63) is 102 Å². The molecule has 1 N–H and O–H groups in total. The molecule has 42 heavy (non-hydrogen) atoms. The molecule has 0 heterocycles. The zero-order valence-corrected chi connectivity index (χ0v) is 23.5. The van der Waals surface area contributed by atoms with Crippen LogP contribution in [-0.2, 0) is 21.5 Å². The molecular weight excluding hydrogens is 547 g/mol. The van der Waals surface area contributed by atoms with Crippen molar-refractivity contribution in [2.24, 2.45) is 0 Å². The fourth-order valence-electron chi connectivity index (χ4n) is 4.51. The molecule has 4 aromatic rings. The molecular formula is C33H30F3NO5. The number of carbonyl (C=O) groups is 2. The number of nitrogens with zero attached hydrogens (tertiary/aromatic N) is 1. The number of hydrogen-bond acceptors (Lipinski definition) is 4. The second kappa shape index (κ2) is 12.0. The van der Waals surface area contributed by atoms with Crippen LogP contribution in [0.4, 0.5) is 18.9 Å². The smallest absolute Gasteiger partial charge is 0.497 e. The predicted octanol–water partition coefficient (Wildman–Crippen LogP) is 7.84. The second-order valence-corrected chi connectivity index (χ2v) is 10.7. The van der Waals surface area contributed by atoms with Crippen molar-refractivity contribution in [3.63, 3.8) is 0 Å². The van der Waals surface area contributed by atoms with Crippen molar-refractivity contribution in [1.29, 1.82) is 0 Å². The maximum atomic E-state index is 13.0. The van der Waals surface area contributed by atoms with Crippen LogP contribution >= 0.6 is 0 Å². The Kier molecular flexibility index (Phi) is 8.61. The Morgan fingerprint density at radius 3 is 2.00 bits per heavy atom. The topological polar surface area (TPSA) is 76.1 Å². The van der Waals surface area contributed by atoms with Gasteiger partial charge in [0.25, 0.3) is 0 Å². The molecule has 1 amide bonds. The first-order valence-electron chi connectivity index (χ1n) is 13.0. The van der Waals surface area contributed by atoms with E-state index in [1.807, 2.05) is 24.3 Å². The normalized spacial score (nSPS) is 11.6. The highest BCUT2D eigenvalue weighted by atomic mass is 19.4. The van der Waals surface area contributed by atoms with Gasteiger partial charge in [0.2, 0.25) is 0 Å². The van der Waals surface area contributed by atoms with E-state index in [2.05, 4.69) is 25.5 Å². The quantitative estimate of drug-likeness (QED) is 0.227. The minimum absolute atomic E-state index is 0.00269. The molecule has 4 rings (SSSR count). The molecule has 0 spiro atoms. The monoisotopic (exact) mass is 577 g/mol. The summed E-state index contributed by atoms with van der Waals surface area (Å²) in [5, 5.41) is 9.58. The number of carboxylic acid groups (broad SMARTS) is 1. The summed E-state index contributed by atoms with van der Waals surface area (Å²) in [5.74, 6) is -2.55. The molecule has 6 nitrogen and oxygen atoms in total. The first-order chi connectivity index (χ1) is 19.7. The minimum atomic E-state index is -4.87. The van der Waals surface area contributed by atoms with Gasteiger partial charge in [-0.15, -0.1) is 13.2 Å². The van der Waals surface area contributed by atoms with Gasteiger partial charge in [0.15, 0.2) is 0 Å². The third-order valence-corrected chi connectivity index (χ3v) is 6.68. The van der Waals surface area contributed by atoms with Crippen LogP contribution in [0.3, 0.4) is 0 Å². The summed E-state index contributed by atoms with van der Waals surface area (Å²) in [5.41, 5.74) is 4.20. The molecule has 0 aromatic heterocycles. The SMILES string of the molecule is COc1ccc(-c2cc(OC(F)(F)F)ccc2-c2cccc(N(Cc3ccc(C(C)(C)C)cc3)C(=O)C(=O)O)c2)cc1. The van der Waals surface area contributed by atoms with Gasteiger partial charge in [-0.25, -0.2) is 4.79 Å². The Labute approximate surface area is 241 Å². The van der Waals surface area contributed by atoms with Crippen molar-refractivity contribution in [2.45, 2.75) is 39.1 Å². The molecule has 0 bridgehead atoms. The lowest BCUT2D eigenvalue weighted by Crippen LogP contribution is -2.36. The number of halogens is 3. The fraction of sp³-hybridized carbons (Fsp3) is 0.212. The highest BCUT2D eigenvalue weighted by molar-refractivity contribution is 6.37. The van der Waals surface area contributed by atoms with Crippen molar-refractivity contribution < 1.29 is 37.3 Å². The van der Waals surface area contributed by atoms with Crippen LogP contribution in [0, 0.1) is 0 Å². The molecule has 0 saturated heterocycles. The highest BCUT2D eigenvalue weighted by Gasteiger charge is 2.31. The van der Waals surface area contributed by atoms with Gasteiger partial charge in [0.1, 0.15) is 11.5 Å². The average molecular weight is 578 g/mol. The number of carboxylic acids is 1. The van der Waals surface area contributed by atoms with E-state index in [9.17, 15) is 27.9 Å². The van der Waals surface area contributed by atoms with E-state index < -0.39 is 24.0 Å². The Hall–Kier alpha value is -4.79. The van der Waals surface area contributed by atoms with Crippen LogP contribution in [0.1, 0.15) is 31.9 Å². The van der Waals surface area contributed by atoms with Gasteiger partial charge in [-0.05, 0) is 75.2 Å². The van der Waals surface area contributed by atoms with Gasteiger partial charge >= 0.3 is 18.2 Å². The molecule has 0 unspecified atom stereocenters. The lowest BCUT2D eigenvalue weighted by Gasteiger charge is -2.23. The zero-order valence-electron chi connectivity index (χ0n) is 23.5. The molecule has 0 fully saturated rings. The maximum absolute atomic E-state index is 13.0. The third-order valence-electron chi connectivity index (χ3n) is 6.68. The number of amides is 1.